The van der Waals surface area contributed by atoms with E-state index in [1.807, 2.05) is 0 Å². The molecule has 1 heterocycles. The molecule has 0 aromatic carbocycles. The van der Waals surface area contributed by atoms with E-state index in [2.05, 4.69) is 13.0 Å². The van der Waals surface area contributed by atoms with E-state index in [9.17, 15) is 0 Å². The van der Waals surface area contributed by atoms with Gasteiger partial charge in [-0.2, -0.15) is 5.26 Å². The Morgan fingerprint density at radius 2 is 1.75 bits per heavy atom. The van der Waals surface area contributed by atoms with Gasteiger partial charge in [0.2, 0.25) is 0 Å². The predicted octanol–water partition coefficient (Wildman–Crippen LogP) is 2.72. The third-order valence-corrected chi connectivity index (χ3v) is 3.91. The lowest BCUT2D eigenvalue weighted by Gasteiger charge is -2.36. The van der Waals surface area contributed by atoms with Crippen molar-refractivity contribution in [3.8, 4) is 6.07 Å². The van der Waals surface area contributed by atoms with Crippen molar-refractivity contribution in [2.24, 2.45) is 17.8 Å². The largest absolute Gasteiger partial charge is 0.352 e. The first-order chi connectivity index (χ1) is 7.83. The van der Waals surface area contributed by atoms with Crippen molar-refractivity contribution >= 4 is 0 Å². The zero-order valence-electron chi connectivity index (χ0n) is 10.0. The normalized spacial score (nSPS) is 40.2. The highest BCUT2D eigenvalue weighted by Gasteiger charge is 2.31. The summed E-state index contributed by atoms with van der Waals surface area (Å²) in [6, 6.07) is 2.36. The third-order valence-electron chi connectivity index (χ3n) is 3.91. The first-order valence-corrected chi connectivity index (χ1v) is 6.46. The van der Waals surface area contributed by atoms with Gasteiger partial charge in [0.15, 0.2) is 6.29 Å². The monoisotopic (exact) mass is 223 g/mol. The molecule has 3 heteroatoms. The minimum atomic E-state index is 0.00226. The molecule has 2 rings (SSSR count). The van der Waals surface area contributed by atoms with E-state index in [4.69, 9.17) is 14.7 Å². The van der Waals surface area contributed by atoms with Crippen LogP contribution in [0.5, 0.6) is 0 Å². The van der Waals surface area contributed by atoms with Crippen LogP contribution in [0, 0.1) is 29.1 Å². The van der Waals surface area contributed by atoms with Crippen LogP contribution >= 0.6 is 0 Å². The van der Waals surface area contributed by atoms with Crippen LogP contribution in [0.2, 0.25) is 0 Å². The summed E-state index contributed by atoms with van der Waals surface area (Å²) < 4.78 is 11.6. The lowest BCUT2D eigenvalue weighted by Crippen LogP contribution is -2.38. The molecule has 1 saturated heterocycles. The van der Waals surface area contributed by atoms with Crippen molar-refractivity contribution in [3.05, 3.63) is 0 Å². The molecule has 3 nitrogen and oxygen atoms in total. The van der Waals surface area contributed by atoms with Gasteiger partial charge < -0.3 is 9.47 Å². The molecule has 1 aliphatic carbocycles. The molecule has 16 heavy (non-hydrogen) atoms. The Bertz CT molecular complexity index is 245. The molecule has 2 aliphatic rings. The SMILES string of the molecule is CCC1COC(C2CCC(C#N)CC2)OC1. The highest BCUT2D eigenvalue weighted by atomic mass is 16.7. The van der Waals surface area contributed by atoms with Gasteiger partial charge in [0.1, 0.15) is 0 Å². The molecule has 0 unspecified atom stereocenters. The third kappa shape index (κ3) is 2.75. The number of rotatable bonds is 2. The van der Waals surface area contributed by atoms with E-state index >= 15 is 0 Å². The fraction of sp³-hybridized carbons (Fsp3) is 0.923. The Morgan fingerprint density at radius 3 is 2.25 bits per heavy atom. The summed E-state index contributed by atoms with van der Waals surface area (Å²) in [6.07, 6.45) is 5.33. The van der Waals surface area contributed by atoms with E-state index < -0.39 is 0 Å². The van der Waals surface area contributed by atoms with Gasteiger partial charge in [-0.15, -0.1) is 0 Å². The standard InChI is InChI=1S/C13H21NO2/c1-2-10-8-15-13(16-9-10)12-5-3-11(7-14)4-6-12/h10-13H,2-6,8-9H2,1H3. The van der Waals surface area contributed by atoms with Crippen molar-refractivity contribution in [2.45, 2.75) is 45.3 Å². The second-order valence-corrected chi connectivity index (χ2v) is 5.05. The Labute approximate surface area is 97.7 Å². The van der Waals surface area contributed by atoms with Crippen molar-refractivity contribution < 1.29 is 9.47 Å². The average molecular weight is 223 g/mol. The highest BCUT2D eigenvalue weighted by molar-refractivity contribution is 4.88. The maximum absolute atomic E-state index is 8.84. The van der Waals surface area contributed by atoms with Crippen LogP contribution < -0.4 is 0 Å². The first-order valence-electron chi connectivity index (χ1n) is 6.46. The molecule has 0 amide bonds. The Kier molecular flexibility index (Phi) is 4.20. The topological polar surface area (TPSA) is 42.2 Å². The molecule has 1 aliphatic heterocycles. The number of ether oxygens (including phenoxy) is 2. The molecule has 0 bridgehead atoms. The van der Waals surface area contributed by atoms with Gasteiger partial charge in [-0.1, -0.05) is 6.92 Å². The van der Waals surface area contributed by atoms with Crippen LogP contribution in [0.25, 0.3) is 0 Å². The fourth-order valence-corrected chi connectivity index (χ4v) is 2.59. The van der Waals surface area contributed by atoms with Crippen molar-refractivity contribution in [1.82, 2.24) is 0 Å². The van der Waals surface area contributed by atoms with Gasteiger partial charge in [0.05, 0.1) is 19.3 Å². The van der Waals surface area contributed by atoms with Crippen molar-refractivity contribution in [2.75, 3.05) is 13.2 Å². The van der Waals surface area contributed by atoms with E-state index in [1.165, 1.54) is 0 Å². The maximum Gasteiger partial charge on any atom is 0.160 e. The molecular weight excluding hydrogens is 202 g/mol. The van der Waals surface area contributed by atoms with Gasteiger partial charge in [-0.3, -0.25) is 0 Å². The van der Waals surface area contributed by atoms with Gasteiger partial charge >= 0.3 is 0 Å². The van der Waals surface area contributed by atoms with Gasteiger partial charge in [0, 0.05) is 17.8 Å². The fourth-order valence-electron chi connectivity index (χ4n) is 2.59. The number of hydrogen-bond donors (Lipinski definition) is 0. The zero-order chi connectivity index (χ0) is 11.4. The van der Waals surface area contributed by atoms with E-state index in [0.717, 1.165) is 45.3 Å². The zero-order valence-corrected chi connectivity index (χ0v) is 10.0. The summed E-state index contributed by atoms with van der Waals surface area (Å²) in [4.78, 5) is 0. The molecule has 0 aromatic rings. The second kappa shape index (κ2) is 5.65. The van der Waals surface area contributed by atoms with Crippen LogP contribution in [-0.2, 0) is 9.47 Å². The van der Waals surface area contributed by atoms with Crippen LogP contribution in [0.15, 0.2) is 0 Å². The number of nitriles is 1. The average Bonchev–Trinajstić information content (AvgIpc) is 2.39. The van der Waals surface area contributed by atoms with Crippen molar-refractivity contribution in [1.29, 1.82) is 5.26 Å². The molecule has 0 radical (unpaired) electrons. The molecule has 0 N–H and O–H groups in total. The van der Waals surface area contributed by atoms with Crippen LogP contribution in [0.1, 0.15) is 39.0 Å². The van der Waals surface area contributed by atoms with E-state index in [-0.39, 0.29) is 12.2 Å². The first kappa shape index (κ1) is 11.9. The summed E-state index contributed by atoms with van der Waals surface area (Å²) in [7, 11) is 0. The maximum atomic E-state index is 8.84. The van der Waals surface area contributed by atoms with Gasteiger partial charge in [-0.25, -0.2) is 0 Å². The summed E-state index contributed by atoms with van der Waals surface area (Å²) in [5, 5.41) is 8.84. The summed E-state index contributed by atoms with van der Waals surface area (Å²) >= 11 is 0. The van der Waals surface area contributed by atoms with Gasteiger partial charge in [0.25, 0.3) is 0 Å². The molecule has 1 saturated carbocycles. The van der Waals surface area contributed by atoms with Crippen LogP contribution in [0.4, 0.5) is 0 Å². The molecule has 2 fully saturated rings. The summed E-state index contributed by atoms with van der Waals surface area (Å²) in [6.45, 7) is 3.87. The summed E-state index contributed by atoms with van der Waals surface area (Å²) in [5.74, 6) is 1.36. The quantitative estimate of drug-likeness (QED) is 0.723. The van der Waals surface area contributed by atoms with Crippen LogP contribution in [-0.4, -0.2) is 19.5 Å². The van der Waals surface area contributed by atoms with Gasteiger partial charge in [-0.05, 0) is 32.1 Å². The predicted molar refractivity (Wildman–Crippen MR) is 60.5 cm³/mol. The molecule has 0 aromatic heterocycles. The second-order valence-electron chi connectivity index (χ2n) is 5.05. The smallest absolute Gasteiger partial charge is 0.160 e. The Balaban J connectivity index is 1.76. The van der Waals surface area contributed by atoms with E-state index in [0.29, 0.717) is 11.8 Å². The number of hydrogen-bond acceptors (Lipinski definition) is 3. The molecule has 90 valence electrons. The van der Waals surface area contributed by atoms with Crippen LogP contribution in [0.3, 0.4) is 0 Å². The summed E-state index contributed by atoms with van der Waals surface area (Å²) in [5.41, 5.74) is 0. The molecular formula is C13H21NO2. The lowest BCUT2D eigenvalue weighted by atomic mass is 9.82. The lowest BCUT2D eigenvalue weighted by molar-refractivity contribution is -0.229. The van der Waals surface area contributed by atoms with E-state index in [1.54, 1.807) is 0 Å². The number of nitrogens with zero attached hydrogens (tertiary/aromatic N) is 1. The Hall–Kier alpha value is -0.590. The minimum absolute atomic E-state index is 0.00226. The van der Waals surface area contributed by atoms with Crippen molar-refractivity contribution in [3.63, 3.8) is 0 Å². The highest BCUT2D eigenvalue weighted by Crippen LogP contribution is 2.33. The Morgan fingerprint density at radius 1 is 1.12 bits per heavy atom. The minimum Gasteiger partial charge on any atom is -0.352 e. The molecule has 0 atom stereocenters. The molecule has 0 spiro atoms.